The number of carbonyl (C=O) groups excluding carboxylic acids is 2. The SMILES string of the molecule is CCCOc1ccc(C2C(=C(O)c3ccc(F)cc3)C(=O)C(=O)N2c2nnc(SCc3ccc(Cl)cc3Cl)s2)cc1OCC. The van der Waals surface area contributed by atoms with E-state index in [1.165, 1.54) is 28.8 Å². The number of amides is 1. The molecule has 1 aliphatic rings. The number of aromatic nitrogens is 2. The second-order valence-corrected chi connectivity index (χ2v) is 12.6. The molecule has 1 aliphatic heterocycles. The molecule has 13 heteroatoms. The molecule has 2 heterocycles. The molecule has 228 valence electrons. The molecule has 1 atom stereocenters. The number of Topliss-reactive ketones (excluding diaryl/α,β-unsaturated/α-hetero) is 1. The van der Waals surface area contributed by atoms with Crippen LogP contribution >= 0.6 is 46.3 Å². The van der Waals surface area contributed by atoms with Gasteiger partial charge in [0.25, 0.3) is 5.78 Å². The lowest BCUT2D eigenvalue weighted by atomic mass is 9.95. The van der Waals surface area contributed by atoms with E-state index >= 15 is 0 Å². The maximum atomic E-state index is 13.7. The molecule has 0 saturated carbocycles. The fourth-order valence-corrected chi connectivity index (χ4v) is 6.97. The molecule has 1 aromatic heterocycles. The van der Waals surface area contributed by atoms with Crippen LogP contribution in [0.4, 0.5) is 9.52 Å². The Morgan fingerprint density at radius 3 is 2.50 bits per heavy atom. The molecule has 1 fully saturated rings. The Morgan fingerprint density at radius 1 is 1.02 bits per heavy atom. The van der Waals surface area contributed by atoms with E-state index in [4.69, 9.17) is 32.7 Å². The van der Waals surface area contributed by atoms with Crippen molar-refractivity contribution in [2.45, 2.75) is 36.4 Å². The smallest absolute Gasteiger partial charge is 0.301 e. The zero-order valence-electron chi connectivity index (χ0n) is 23.6. The van der Waals surface area contributed by atoms with E-state index in [0.717, 1.165) is 35.5 Å². The van der Waals surface area contributed by atoms with Gasteiger partial charge in [-0.05, 0) is 73.0 Å². The summed E-state index contributed by atoms with van der Waals surface area (Å²) >= 11 is 14.8. The maximum Gasteiger partial charge on any atom is 0.301 e. The van der Waals surface area contributed by atoms with E-state index in [9.17, 15) is 19.1 Å². The second kappa shape index (κ2) is 14.0. The summed E-state index contributed by atoms with van der Waals surface area (Å²) < 4.78 is 25.9. The van der Waals surface area contributed by atoms with Crippen molar-refractivity contribution < 1.29 is 28.6 Å². The Morgan fingerprint density at radius 2 is 1.80 bits per heavy atom. The number of nitrogens with zero attached hydrogens (tertiary/aromatic N) is 3. The third-order valence-electron chi connectivity index (χ3n) is 6.58. The van der Waals surface area contributed by atoms with Crippen molar-refractivity contribution in [3.05, 3.63) is 98.8 Å². The van der Waals surface area contributed by atoms with Gasteiger partial charge in [0.2, 0.25) is 5.13 Å². The van der Waals surface area contributed by atoms with Crippen molar-refractivity contribution in [1.82, 2.24) is 10.2 Å². The van der Waals surface area contributed by atoms with Gasteiger partial charge in [0.05, 0.1) is 24.8 Å². The summed E-state index contributed by atoms with van der Waals surface area (Å²) in [5.74, 6) is -1.38. The van der Waals surface area contributed by atoms with Gasteiger partial charge in [-0.25, -0.2) is 4.39 Å². The minimum absolute atomic E-state index is 0.157. The van der Waals surface area contributed by atoms with Gasteiger partial charge < -0.3 is 14.6 Å². The van der Waals surface area contributed by atoms with Gasteiger partial charge in [-0.1, -0.05) is 65.4 Å². The first-order valence-corrected chi connectivity index (χ1v) is 16.1. The summed E-state index contributed by atoms with van der Waals surface area (Å²) in [6.45, 7) is 4.62. The van der Waals surface area contributed by atoms with Crippen LogP contribution in [0.2, 0.25) is 10.0 Å². The lowest BCUT2D eigenvalue weighted by molar-refractivity contribution is -0.132. The summed E-state index contributed by atoms with van der Waals surface area (Å²) in [6, 6.07) is 14.2. The Hall–Kier alpha value is -3.64. The molecule has 0 radical (unpaired) electrons. The monoisotopic (exact) mass is 673 g/mol. The largest absolute Gasteiger partial charge is 0.507 e. The van der Waals surface area contributed by atoms with E-state index in [1.54, 1.807) is 30.3 Å². The molecular weight excluding hydrogens is 648 g/mol. The van der Waals surface area contributed by atoms with Crippen LogP contribution in [0, 0.1) is 5.82 Å². The van der Waals surface area contributed by atoms with Gasteiger partial charge in [0, 0.05) is 21.4 Å². The zero-order chi connectivity index (χ0) is 31.4. The van der Waals surface area contributed by atoms with E-state index in [0.29, 0.717) is 50.4 Å². The minimum Gasteiger partial charge on any atom is -0.507 e. The molecule has 1 N–H and O–H groups in total. The topological polar surface area (TPSA) is 102 Å². The summed E-state index contributed by atoms with van der Waals surface area (Å²) in [6.07, 6.45) is 0.784. The van der Waals surface area contributed by atoms with Crippen LogP contribution < -0.4 is 14.4 Å². The van der Waals surface area contributed by atoms with E-state index in [2.05, 4.69) is 10.2 Å². The van der Waals surface area contributed by atoms with Crippen molar-refractivity contribution in [1.29, 1.82) is 0 Å². The number of ether oxygens (including phenoxy) is 2. The maximum absolute atomic E-state index is 13.7. The molecule has 0 bridgehead atoms. The lowest BCUT2D eigenvalue weighted by Crippen LogP contribution is -2.29. The van der Waals surface area contributed by atoms with Gasteiger partial charge in [0.15, 0.2) is 15.8 Å². The predicted molar refractivity (Wildman–Crippen MR) is 171 cm³/mol. The number of halogens is 3. The van der Waals surface area contributed by atoms with E-state index in [-0.39, 0.29) is 16.3 Å². The summed E-state index contributed by atoms with van der Waals surface area (Å²) in [5, 5.41) is 21.0. The van der Waals surface area contributed by atoms with Gasteiger partial charge in [-0.2, -0.15) is 0 Å². The number of thioether (sulfide) groups is 1. The van der Waals surface area contributed by atoms with Crippen LogP contribution in [0.5, 0.6) is 11.5 Å². The van der Waals surface area contributed by atoms with Crippen molar-refractivity contribution >= 4 is 68.9 Å². The average molecular weight is 675 g/mol. The standard InChI is InChI=1S/C31H26Cl2FN3O5S2/c1-3-13-42-23-12-8-18(14-24(23)41-4-2)26-25(27(38)17-6-10-21(34)11-7-17)28(39)29(40)37(26)30-35-36-31(44-30)43-16-19-5-9-20(32)15-22(19)33/h5-12,14-15,26,38H,3-4,13,16H2,1-2H3. The predicted octanol–water partition coefficient (Wildman–Crippen LogP) is 8.09. The fraction of sp³-hybridized carbons (Fsp3) is 0.226. The normalized spacial score (nSPS) is 16.0. The highest BCUT2D eigenvalue weighted by atomic mass is 35.5. The first-order chi connectivity index (χ1) is 21.2. The van der Waals surface area contributed by atoms with Crippen LogP contribution in [0.25, 0.3) is 5.76 Å². The molecule has 1 saturated heterocycles. The summed E-state index contributed by atoms with van der Waals surface area (Å²) in [7, 11) is 0. The average Bonchev–Trinajstić information content (AvgIpc) is 3.58. The molecule has 0 aliphatic carbocycles. The fourth-order valence-electron chi connectivity index (χ4n) is 4.54. The van der Waals surface area contributed by atoms with Crippen LogP contribution in [-0.2, 0) is 15.3 Å². The number of benzene rings is 3. The summed E-state index contributed by atoms with van der Waals surface area (Å²) in [5.41, 5.74) is 1.31. The Kier molecular flexibility index (Phi) is 10.1. The number of aliphatic hydroxyl groups is 1. The Bertz CT molecular complexity index is 1730. The third-order valence-corrected chi connectivity index (χ3v) is 9.27. The van der Waals surface area contributed by atoms with Gasteiger partial charge in [-0.15, -0.1) is 10.2 Å². The molecule has 1 amide bonds. The van der Waals surface area contributed by atoms with E-state index in [1.807, 2.05) is 19.9 Å². The number of aliphatic hydroxyl groups excluding tert-OH is 1. The van der Waals surface area contributed by atoms with Gasteiger partial charge in [-0.3, -0.25) is 14.5 Å². The highest BCUT2D eigenvalue weighted by Crippen LogP contribution is 2.46. The molecule has 8 nitrogen and oxygen atoms in total. The third kappa shape index (κ3) is 6.71. The van der Waals surface area contributed by atoms with Crippen LogP contribution in [0.1, 0.15) is 43.0 Å². The first-order valence-electron chi connectivity index (χ1n) is 13.6. The molecule has 0 spiro atoms. The molecule has 1 unspecified atom stereocenters. The van der Waals surface area contributed by atoms with Crippen molar-refractivity contribution in [3.8, 4) is 11.5 Å². The molecule has 3 aromatic carbocycles. The second-order valence-electron chi connectivity index (χ2n) is 9.54. The first kappa shape index (κ1) is 31.8. The Balaban J connectivity index is 1.57. The highest BCUT2D eigenvalue weighted by molar-refractivity contribution is 8.00. The summed E-state index contributed by atoms with van der Waals surface area (Å²) in [4.78, 5) is 28.3. The highest BCUT2D eigenvalue weighted by Gasteiger charge is 2.48. The number of ketones is 1. The number of anilines is 1. The van der Waals surface area contributed by atoms with Crippen LogP contribution in [0.15, 0.2) is 70.6 Å². The quantitative estimate of drug-likeness (QED) is 0.0560. The van der Waals surface area contributed by atoms with Gasteiger partial charge in [0.1, 0.15) is 11.6 Å². The lowest BCUT2D eigenvalue weighted by Gasteiger charge is -2.23. The Labute approximate surface area is 271 Å². The molecule has 5 rings (SSSR count). The number of carbonyl (C=O) groups is 2. The van der Waals surface area contributed by atoms with E-state index < -0.39 is 29.3 Å². The number of hydrogen-bond acceptors (Lipinski definition) is 9. The van der Waals surface area contributed by atoms with Crippen LogP contribution in [0.3, 0.4) is 0 Å². The zero-order valence-corrected chi connectivity index (χ0v) is 26.7. The minimum atomic E-state index is -1.09. The van der Waals surface area contributed by atoms with Crippen molar-refractivity contribution in [2.24, 2.45) is 0 Å². The number of rotatable bonds is 11. The molecule has 44 heavy (non-hydrogen) atoms. The molecular formula is C31H26Cl2FN3O5S2. The molecule has 4 aromatic rings. The van der Waals surface area contributed by atoms with Gasteiger partial charge >= 0.3 is 5.91 Å². The number of hydrogen-bond donors (Lipinski definition) is 1. The van der Waals surface area contributed by atoms with Crippen molar-refractivity contribution in [3.63, 3.8) is 0 Å². The van der Waals surface area contributed by atoms with Crippen LogP contribution in [-0.4, -0.2) is 40.2 Å². The van der Waals surface area contributed by atoms with Crippen molar-refractivity contribution in [2.75, 3.05) is 18.1 Å².